The average molecular weight is 406 g/mol. The molecule has 0 heterocycles. The van der Waals surface area contributed by atoms with Crippen molar-refractivity contribution >= 4 is 27.4 Å². The molecule has 4 N–H and O–H groups in total. The van der Waals surface area contributed by atoms with Crippen molar-refractivity contribution in [2.45, 2.75) is 44.0 Å². The van der Waals surface area contributed by atoms with Gasteiger partial charge in [0.2, 0.25) is 10.0 Å². The average Bonchev–Trinajstić information content (AvgIpc) is 2.59. The van der Waals surface area contributed by atoms with E-state index in [1.165, 1.54) is 23.3 Å². The van der Waals surface area contributed by atoms with E-state index in [2.05, 4.69) is 55.7 Å². The van der Waals surface area contributed by atoms with Crippen LogP contribution in [0, 0.1) is 0 Å². The molecule has 0 aliphatic heterocycles. The SMILES string of the molecule is CC(C)(C)c1ccc(CNC(=S)NCCc2ccc(S(N)(=O)=O)cc2)cc1. The largest absolute Gasteiger partial charge is 0.362 e. The van der Waals surface area contributed by atoms with Crippen LogP contribution < -0.4 is 15.8 Å². The molecule has 2 aromatic rings. The molecule has 0 aliphatic carbocycles. The van der Waals surface area contributed by atoms with E-state index in [0.717, 1.165) is 12.0 Å². The third-order valence-corrected chi connectivity index (χ3v) is 5.44. The van der Waals surface area contributed by atoms with Gasteiger partial charge in [-0.25, -0.2) is 13.6 Å². The smallest absolute Gasteiger partial charge is 0.238 e. The number of primary sulfonamides is 1. The van der Waals surface area contributed by atoms with Crippen molar-refractivity contribution in [1.29, 1.82) is 0 Å². The molecule has 2 aromatic carbocycles. The highest BCUT2D eigenvalue weighted by atomic mass is 32.2. The highest BCUT2D eigenvalue weighted by Crippen LogP contribution is 2.22. The van der Waals surface area contributed by atoms with E-state index in [9.17, 15) is 8.42 Å². The van der Waals surface area contributed by atoms with Crippen molar-refractivity contribution in [1.82, 2.24) is 10.6 Å². The standard InChI is InChI=1S/C20H27N3O2S2/c1-20(2,3)17-8-4-16(5-9-17)14-23-19(26)22-13-12-15-6-10-18(11-7-15)27(21,24)25/h4-11H,12-14H2,1-3H3,(H2,21,24,25)(H2,22,23,26). The van der Waals surface area contributed by atoms with Gasteiger partial charge in [0.05, 0.1) is 4.90 Å². The van der Waals surface area contributed by atoms with Crippen molar-refractivity contribution in [3.05, 3.63) is 65.2 Å². The molecule has 0 unspecified atom stereocenters. The van der Waals surface area contributed by atoms with Crippen LogP contribution in [0.15, 0.2) is 53.4 Å². The van der Waals surface area contributed by atoms with Crippen LogP contribution in [0.25, 0.3) is 0 Å². The second-order valence-electron chi connectivity index (χ2n) is 7.50. The number of sulfonamides is 1. The summed E-state index contributed by atoms with van der Waals surface area (Å²) in [4.78, 5) is 0.119. The van der Waals surface area contributed by atoms with Crippen molar-refractivity contribution in [3.63, 3.8) is 0 Å². The molecular weight excluding hydrogens is 378 g/mol. The first-order chi connectivity index (χ1) is 12.6. The van der Waals surface area contributed by atoms with Crippen LogP contribution in [0.4, 0.5) is 0 Å². The van der Waals surface area contributed by atoms with Gasteiger partial charge in [-0.2, -0.15) is 0 Å². The molecule has 0 aromatic heterocycles. The first-order valence-electron chi connectivity index (χ1n) is 8.78. The van der Waals surface area contributed by atoms with Gasteiger partial charge in [0.25, 0.3) is 0 Å². The normalized spacial score (nSPS) is 11.9. The van der Waals surface area contributed by atoms with Gasteiger partial charge < -0.3 is 10.6 Å². The summed E-state index contributed by atoms with van der Waals surface area (Å²) in [5, 5.41) is 12.0. The molecule has 0 fully saturated rings. The Morgan fingerprint density at radius 1 is 0.963 bits per heavy atom. The van der Waals surface area contributed by atoms with Crippen molar-refractivity contribution < 1.29 is 8.42 Å². The zero-order valence-electron chi connectivity index (χ0n) is 16.0. The number of hydrogen-bond donors (Lipinski definition) is 3. The molecule has 27 heavy (non-hydrogen) atoms. The lowest BCUT2D eigenvalue weighted by atomic mass is 9.87. The number of benzene rings is 2. The molecule has 7 heteroatoms. The lowest BCUT2D eigenvalue weighted by Crippen LogP contribution is -2.35. The quantitative estimate of drug-likeness (QED) is 0.644. The Labute approximate surface area is 167 Å². The molecular formula is C20H27N3O2S2. The molecule has 0 bridgehead atoms. The van der Waals surface area contributed by atoms with Crippen LogP contribution in [0.2, 0.25) is 0 Å². The minimum atomic E-state index is -3.64. The molecule has 146 valence electrons. The Morgan fingerprint density at radius 3 is 2.04 bits per heavy atom. The molecule has 0 aliphatic rings. The number of hydrogen-bond acceptors (Lipinski definition) is 3. The van der Waals surface area contributed by atoms with E-state index in [-0.39, 0.29) is 10.3 Å². The Hall–Kier alpha value is -1.96. The van der Waals surface area contributed by atoms with Gasteiger partial charge in [-0.05, 0) is 52.9 Å². The highest BCUT2D eigenvalue weighted by molar-refractivity contribution is 7.89. The maximum absolute atomic E-state index is 11.2. The monoisotopic (exact) mass is 405 g/mol. The second kappa shape index (κ2) is 8.82. The maximum atomic E-state index is 11.2. The Balaban J connectivity index is 1.75. The van der Waals surface area contributed by atoms with Crippen LogP contribution in [0.3, 0.4) is 0 Å². The van der Waals surface area contributed by atoms with Crippen LogP contribution in [0.5, 0.6) is 0 Å². The fraction of sp³-hybridized carbons (Fsp3) is 0.350. The minimum Gasteiger partial charge on any atom is -0.362 e. The van der Waals surface area contributed by atoms with Gasteiger partial charge in [0.1, 0.15) is 0 Å². The van der Waals surface area contributed by atoms with Crippen molar-refractivity contribution in [3.8, 4) is 0 Å². The van der Waals surface area contributed by atoms with Gasteiger partial charge >= 0.3 is 0 Å². The van der Waals surface area contributed by atoms with Gasteiger partial charge in [0, 0.05) is 13.1 Å². The number of nitrogens with two attached hydrogens (primary N) is 1. The molecule has 0 saturated carbocycles. The Kier molecular flexibility index (Phi) is 6.97. The van der Waals surface area contributed by atoms with Crippen molar-refractivity contribution in [2.75, 3.05) is 6.54 Å². The first-order valence-corrected chi connectivity index (χ1v) is 10.7. The Bertz CT molecular complexity index is 869. The summed E-state index contributed by atoms with van der Waals surface area (Å²) in [5.74, 6) is 0. The topological polar surface area (TPSA) is 84.2 Å². The van der Waals surface area contributed by atoms with E-state index in [0.29, 0.717) is 18.2 Å². The fourth-order valence-corrected chi connectivity index (χ4v) is 3.22. The summed E-state index contributed by atoms with van der Waals surface area (Å²) in [5.41, 5.74) is 3.64. The van der Waals surface area contributed by atoms with Crippen LogP contribution >= 0.6 is 12.2 Å². The first kappa shape index (κ1) is 21.3. The van der Waals surface area contributed by atoms with Gasteiger partial charge in [0.15, 0.2) is 5.11 Å². The summed E-state index contributed by atoms with van der Waals surface area (Å²) >= 11 is 5.31. The van der Waals surface area contributed by atoms with E-state index in [1.807, 2.05) is 0 Å². The number of thiocarbonyl (C=S) groups is 1. The Morgan fingerprint density at radius 2 is 1.52 bits per heavy atom. The summed E-state index contributed by atoms with van der Waals surface area (Å²) in [6, 6.07) is 15.1. The van der Waals surface area contributed by atoms with Gasteiger partial charge in [-0.3, -0.25) is 0 Å². The van der Waals surface area contributed by atoms with Crippen molar-refractivity contribution in [2.24, 2.45) is 5.14 Å². The van der Waals surface area contributed by atoms with Crippen LogP contribution in [0.1, 0.15) is 37.5 Å². The molecule has 2 rings (SSSR count). The molecule has 0 atom stereocenters. The van der Waals surface area contributed by atoms with E-state index in [4.69, 9.17) is 17.4 Å². The van der Waals surface area contributed by atoms with Gasteiger partial charge in [-0.15, -0.1) is 0 Å². The lowest BCUT2D eigenvalue weighted by Gasteiger charge is -2.19. The molecule has 5 nitrogen and oxygen atoms in total. The van der Waals surface area contributed by atoms with Crippen LogP contribution in [-0.2, 0) is 28.4 Å². The van der Waals surface area contributed by atoms with E-state index >= 15 is 0 Å². The molecule has 0 spiro atoms. The number of rotatable bonds is 6. The third kappa shape index (κ3) is 6.93. The van der Waals surface area contributed by atoms with Gasteiger partial charge in [-0.1, -0.05) is 57.2 Å². The third-order valence-electron chi connectivity index (χ3n) is 4.22. The highest BCUT2D eigenvalue weighted by Gasteiger charge is 2.12. The fourth-order valence-electron chi connectivity index (χ4n) is 2.53. The zero-order chi connectivity index (χ0) is 20.1. The van der Waals surface area contributed by atoms with E-state index < -0.39 is 10.0 Å². The molecule has 0 amide bonds. The summed E-state index contributed by atoms with van der Waals surface area (Å²) < 4.78 is 22.5. The maximum Gasteiger partial charge on any atom is 0.238 e. The van der Waals surface area contributed by atoms with E-state index in [1.54, 1.807) is 12.1 Å². The minimum absolute atomic E-state index is 0.119. The summed E-state index contributed by atoms with van der Waals surface area (Å²) in [7, 11) is -3.64. The predicted molar refractivity (Wildman–Crippen MR) is 114 cm³/mol. The lowest BCUT2D eigenvalue weighted by molar-refractivity contribution is 0.590. The summed E-state index contributed by atoms with van der Waals surface area (Å²) in [6.07, 6.45) is 0.729. The zero-order valence-corrected chi connectivity index (χ0v) is 17.6. The second-order valence-corrected chi connectivity index (χ2v) is 9.47. The van der Waals surface area contributed by atoms with Crippen LogP contribution in [-0.4, -0.2) is 20.1 Å². The number of nitrogens with one attached hydrogen (secondary N) is 2. The summed E-state index contributed by atoms with van der Waals surface area (Å²) in [6.45, 7) is 7.91. The molecule has 0 saturated heterocycles. The predicted octanol–water partition coefficient (Wildman–Crippen LogP) is 2.84. The molecule has 0 radical (unpaired) electrons.